The SMILES string of the molecule is NC1(C(=O)N2CCN(C(=O)c3cc(OC4=NNC(C=O)c5ccccc54)ccc3F)CC2)CC1. The van der Waals surface area contributed by atoms with Crippen LogP contribution in [0.1, 0.15) is 40.4 Å². The second-order valence-corrected chi connectivity index (χ2v) is 8.73. The highest BCUT2D eigenvalue weighted by atomic mass is 19.1. The fourth-order valence-electron chi connectivity index (χ4n) is 4.19. The van der Waals surface area contributed by atoms with Gasteiger partial charge in [0.25, 0.3) is 5.91 Å². The van der Waals surface area contributed by atoms with Crippen molar-refractivity contribution >= 4 is 24.0 Å². The predicted molar refractivity (Wildman–Crippen MR) is 121 cm³/mol. The number of aldehydes is 1. The third-order valence-corrected chi connectivity index (χ3v) is 6.42. The summed E-state index contributed by atoms with van der Waals surface area (Å²) in [4.78, 5) is 40.0. The van der Waals surface area contributed by atoms with Gasteiger partial charge in [-0.15, -0.1) is 5.10 Å². The molecule has 0 spiro atoms. The second-order valence-electron chi connectivity index (χ2n) is 8.73. The fourth-order valence-corrected chi connectivity index (χ4v) is 4.19. The molecular weight excluding hydrogens is 441 g/mol. The summed E-state index contributed by atoms with van der Waals surface area (Å²) in [5, 5.41) is 4.13. The van der Waals surface area contributed by atoms with E-state index in [1.165, 1.54) is 23.1 Å². The highest BCUT2D eigenvalue weighted by molar-refractivity contribution is 5.99. The summed E-state index contributed by atoms with van der Waals surface area (Å²) >= 11 is 0. The Morgan fingerprint density at radius 3 is 2.53 bits per heavy atom. The first-order valence-electron chi connectivity index (χ1n) is 11.1. The lowest BCUT2D eigenvalue weighted by molar-refractivity contribution is -0.135. The third kappa shape index (κ3) is 4.01. The number of piperazine rings is 1. The van der Waals surface area contributed by atoms with Crippen LogP contribution in [0.4, 0.5) is 4.39 Å². The van der Waals surface area contributed by atoms with Crippen LogP contribution < -0.4 is 15.9 Å². The molecule has 3 aliphatic rings. The Morgan fingerprint density at radius 1 is 1.12 bits per heavy atom. The number of halogens is 1. The molecule has 10 heteroatoms. The summed E-state index contributed by atoms with van der Waals surface area (Å²) in [5.41, 5.74) is 9.19. The molecule has 2 aromatic carbocycles. The van der Waals surface area contributed by atoms with Gasteiger partial charge in [0.15, 0.2) is 0 Å². The molecule has 2 amide bonds. The molecule has 0 bridgehead atoms. The normalized spacial score (nSPS) is 20.5. The summed E-state index contributed by atoms with van der Waals surface area (Å²) in [7, 11) is 0. The third-order valence-electron chi connectivity index (χ3n) is 6.42. The molecule has 0 radical (unpaired) electrons. The molecule has 1 saturated carbocycles. The van der Waals surface area contributed by atoms with Crippen molar-refractivity contribution in [3.05, 3.63) is 65.0 Å². The molecule has 5 rings (SSSR count). The van der Waals surface area contributed by atoms with Crippen molar-refractivity contribution in [3.8, 4) is 5.75 Å². The largest absolute Gasteiger partial charge is 0.437 e. The van der Waals surface area contributed by atoms with Gasteiger partial charge >= 0.3 is 0 Å². The van der Waals surface area contributed by atoms with E-state index in [0.29, 0.717) is 50.1 Å². The number of rotatable bonds is 4. The van der Waals surface area contributed by atoms with Crippen molar-refractivity contribution in [1.82, 2.24) is 15.2 Å². The highest BCUT2D eigenvalue weighted by Gasteiger charge is 2.48. The second kappa shape index (κ2) is 8.53. The van der Waals surface area contributed by atoms with Crippen LogP contribution in [-0.4, -0.2) is 65.5 Å². The summed E-state index contributed by atoms with van der Waals surface area (Å²) in [6.07, 6.45) is 2.12. The molecule has 3 N–H and O–H groups in total. The number of nitrogens with two attached hydrogens (primary N) is 1. The number of amides is 2. The molecule has 34 heavy (non-hydrogen) atoms. The number of nitrogens with zero attached hydrogens (tertiary/aromatic N) is 3. The van der Waals surface area contributed by atoms with Crippen molar-refractivity contribution in [2.45, 2.75) is 24.4 Å². The number of carbonyl (C=O) groups excluding carboxylic acids is 3. The number of hydrogen-bond acceptors (Lipinski definition) is 7. The van der Waals surface area contributed by atoms with Gasteiger partial charge in [-0.3, -0.25) is 15.0 Å². The van der Waals surface area contributed by atoms with Crippen molar-refractivity contribution in [3.63, 3.8) is 0 Å². The van der Waals surface area contributed by atoms with Gasteiger partial charge in [0.05, 0.1) is 11.1 Å². The summed E-state index contributed by atoms with van der Waals surface area (Å²) in [5.74, 6) is -0.784. The zero-order chi connectivity index (χ0) is 23.9. The average molecular weight is 465 g/mol. The lowest BCUT2D eigenvalue weighted by Gasteiger charge is -2.36. The predicted octanol–water partition coefficient (Wildman–Crippen LogP) is 1.19. The Balaban J connectivity index is 1.30. The Morgan fingerprint density at radius 2 is 1.82 bits per heavy atom. The zero-order valence-electron chi connectivity index (χ0n) is 18.4. The number of ether oxygens (including phenoxy) is 1. The first-order chi connectivity index (χ1) is 16.4. The minimum atomic E-state index is -0.745. The van der Waals surface area contributed by atoms with E-state index in [-0.39, 0.29) is 23.1 Å². The maximum atomic E-state index is 14.6. The van der Waals surface area contributed by atoms with Crippen molar-refractivity contribution in [2.75, 3.05) is 26.2 Å². The van der Waals surface area contributed by atoms with Crippen LogP contribution in [0, 0.1) is 5.82 Å². The number of fused-ring (bicyclic) bond motifs is 1. The summed E-state index contributed by atoms with van der Waals surface area (Å²) in [6, 6.07) is 10.5. The molecular formula is C24H24FN5O4. The van der Waals surface area contributed by atoms with E-state index in [1.807, 2.05) is 0 Å². The first kappa shape index (κ1) is 22.0. The zero-order valence-corrected chi connectivity index (χ0v) is 18.4. The minimum Gasteiger partial charge on any atom is -0.437 e. The molecule has 9 nitrogen and oxygen atoms in total. The number of benzene rings is 2. The van der Waals surface area contributed by atoms with E-state index in [9.17, 15) is 18.8 Å². The minimum absolute atomic E-state index is 0.0832. The topological polar surface area (TPSA) is 117 Å². The van der Waals surface area contributed by atoms with E-state index in [0.717, 1.165) is 6.29 Å². The lowest BCUT2D eigenvalue weighted by Crippen LogP contribution is -2.55. The van der Waals surface area contributed by atoms with E-state index in [2.05, 4.69) is 10.5 Å². The summed E-state index contributed by atoms with van der Waals surface area (Å²) < 4.78 is 20.5. The van der Waals surface area contributed by atoms with Crippen LogP contribution in [0.2, 0.25) is 0 Å². The molecule has 176 valence electrons. The molecule has 2 fully saturated rings. The average Bonchev–Trinajstić information content (AvgIpc) is 3.63. The Bertz CT molecular complexity index is 1190. The molecule has 1 unspecified atom stereocenters. The molecule has 2 heterocycles. The molecule has 1 atom stereocenters. The maximum Gasteiger partial charge on any atom is 0.257 e. The van der Waals surface area contributed by atoms with E-state index in [4.69, 9.17) is 10.5 Å². The van der Waals surface area contributed by atoms with Gasteiger partial charge in [-0.2, -0.15) is 0 Å². The van der Waals surface area contributed by atoms with Crippen LogP contribution in [-0.2, 0) is 9.59 Å². The number of nitrogens with one attached hydrogen (secondary N) is 1. The van der Waals surface area contributed by atoms with E-state index in [1.54, 1.807) is 29.2 Å². The van der Waals surface area contributed by atoms with Gasteiger partial charge in [0.2, 0.25) is 11.8 Å². The fraction of sp³-hybridized carbons (Fsp3) is 0.333. The van der Waals surface area contributed by atoms with Gasteiger partial charge < -0.3 is 25.1 Å². The van der Waals surface area contributed by atoms with Crippen LogP contribution in [0.5, 0.6) is 5.75 Å². The first-order valence-corrected chi connectivity index (χ1v) is 11.1. The Labute approximate surface area is 195 Å². The molecule has 0 aromatic heterocycles. The number of carbonyl (C=O) groups is 3. The number of hydrazone groups is 1. The van der Waals surface area contributed by atoms with Gasteiger partial charge in [-0.25, -0.2) is 4.39 Å². The van der Waals surface area contributed by atoms with Crippen LogP contribution in [0.25, 0.3) is 0 Å². The maximum absolute atomic E-state index is 14.6. The Hall–Kier alpha value is -3.79. The van der Waals surface area contributed by atoms with Crippen molar-refractivity contribution in [2.24, 2.45) is 10.8 Å². The quantitative estimate of drug-likeness (QED) is 0.655. The molecule has 2 aromatic rings. The molecule has 1 aliphatic carbocycles. The van der Waals surface area contributed by atoms with Gasteiger partial charge in [-0.1, -0.05) is 18.2 Å². The van der Waals surface area contributed by atoms with E-state index < -0.39 is 23.3 Å². The smallest absolute Gasteiger partial charge is 0.257 e. The van der Waals surface area contributed by atoms with Crippen molar-refractivity contribution in [1.29, 1.82) is 0 Å². The summed E-state index contributed by atoms with van der Waals surface area (Å²) in [6.45, 7) is 1.31. The monoisotopic (exact) mass is 465 g/mol. The van der Waals surface area contributed by atoms with Crippen LogP contribution >= 0.6 is 0 Å². The lowest BCUT2D eigenvalue weighted by atomic mass is 10.0. The van der Waals surface area contributed by atoms with Gasteiger partial charge in [0.1, 0.15) is 23.9 Å². The highest BCUT2D eigenvalue weighted by Crippen LogP contribution is 2.34. The van der Waals surface area contributed by atoms with Crippen molar-refractivity contribution < 1.29 is 23.5 Å². The number of hydrogen-bond donors (Lipinski definition) is 2. The van der Waals surface area contributed by atoms with Gasteiger partial charge in [0, 0.05) is 31.7 Å². The molecule has 1 saturated heterocycles. The van der Waals surface area contributed by atoms with Gasteiger partial charge in [-0.05, 0) is 42.7 Å². The Kier molecular flexibility index (Phi) is 5.52. The van der Waals surface area contributed by atoms with Crippen LogP contribution in [0.3, 0.4) is 0 Å². The van der Waals surface area contributed by atoms with E-state index >= 15 is 0 Å². The standard InChI is InChI=1S/C24H24FN5O4/c25-19-6-5-15(34-21-17-4-2-1-3-16(17)20(14-31)27-28-21)13-18(19)22(32)29-9-11-30(12-10-29)23(33)24(26)7-8-24/h1-6,13-14,20,27H,7-12,26H2. The molecule has 2 aliphatic heterocycles. The van der Waals surface area contributed by atoms with Crippen LogP contribution in [0.15, 0.2) is 47.6 Å².